The molecule has 1 aromatic carbocycles. The van der Waals surface area contributed by atoms with Crippen LogP contribution in [0.25, 0.3) is 0 Å². The zero-order chi connectivity index (χ0) is 15.4. The number of ether oxygens (including phenoxy) is 2. The molecule has 1 aliphatic heterocycles. The Morgan fingerprint density at radius 3 is 2.86 bits per heavy atom. The Morgan fingerprint density at radius 1 is 1.43 bits per heavy atom. The second kappa shape index (κ2) is 6.40. The maximum absolute atomic E-state index is 13.6. The molecule has 1 fully saturated rings. The highest BCUT2D eigenvalue weighted by molar-refractivity contribution is 5.90. The number of carbonyl (C=O) groups is 2. The van der Waals surface area contributed by atoms with Gasteiger partial charge in [-0.1, -0.05) is 0 Å². The SMILES string of the molecule is COc1ccc(F)c(NC(=O)NC2COCC2C(=O)O)c1. The first-order chi connectivity index (χ1) is 10.0. The van der Waals surface area contributed by atoms with Gasteiger partial charge in [0, 0.05) is 6.07 Å². The topological polar surface area (TPSA) is 96.9 Å². The Hall–Kier alpha value is -2.35. The Morgan fingerprint density at radius 2 is 2.19 bits per heavy atom. The molecule has 2 atom stereocenters. The van der Waals surface area contributed by atoms with Crippen LogP contribution < -0.4 is 15.4 Å². The van der Waals surface area contributed by atoms with E-state index in [0.29, 0.717) is 5.75 Å². The number of carboxylic acid groups (broad SMARTS) is 1. The quantitative estimate of drug-likeness (QED) is 0.772. The number of anilines is 1. The van der Waals surface area contributed by atoms with Gasteiger partial charge in [0.05, 0.1) is 32.1 Å². The molecule has 1 aromatic rings. The second-order valence-electron chi connectivity index (χ2n) is 4.53. The Balaban J connectivity index is 2.00. The molecule has 114 valence electrons. The number of methoxy groups -OCH3 is 1. The minimum atomic E-state index is -1.05. The first-order valence-corrected chi connectivity index (χ1v) is 6.23. The fourth-order valence-corrected chi connectivity index (χ4v) is 1.99. The summed E-state index contributed by atoms with van der Waals surface area (Å²) in [5, 5.41) is 13.7. The molecule has 1 heterocycles. The second-order valence-corrected chi connectivity index (χ2v) is 4.53. The maximum atomic E-state index is 13.6. The van der Waals surface area contributed by atoms with Gasteiger partial charge in [0.1, 0.15) is 17.5 Å². The van der Waals surface area contributed by atoms with E-state index in [1.54, 1.807) is 0 Å². The lowest BCUT2D eigenvalue weighted by atomic mass is 10.0. The van der Waals surface area contributed by atoms with Crippen LogP contribution in [0.3, 0.4) is 0 Å². The molecule has 2 rings (SSSR count). The Labute approximate surface area is 120 Å². The number of nitrogens with one attached hydrogen (secondary N) is 2. The molecule has 7 nitrogen and oxygen atoms in total. The maximum Gasteiger partial charge on any atom is 0.319 e. The average Bonchev–Trinajstić information content (AvgIpc) is 2.89. The molecule has 0 saturated carbocycles. The average molecular weight is 298 g/mol. The van der Waals surface area contributed by atoms with Gasteiger partial charge < -0.3 is 25.2 Å². The summed E-state index contributed by atoms with van der Waals surface area (Å²) in [6, 6.07) is 2.55. The van der Waals surface area contributed by atoms with E-state index >= 15 is 0 Å². The van der Waals surface area contributed by atoms with Crippen molar-refractivity contribution in [3.05, 3.63) is 24.0 Å². The fraction of sp³-hybridized carbons (Fsp3) is 0.385. The van der Waals surface area contributed by atoms with E-state index in [4.69, 9.17) is 14.6 Å². The normalized spacial score (nSPS) is 20.9. The number of amides is 2. The molecule has 1 aliphatic rings. The number of hydrogen-bond acceptors (Lipinski definition) is 4. The molecule has 0 aromatic heterocycles. The van der Waals surface area contributed by atoms with E-state index in [1.807, 2.05) is 0 Å². The number of carboxylic acids is 1. The summed E-state index contributed by atoms with van der Waals surface area (Å²) < 4.78 is 23.5. The number of halogens is 1. The smallest absolute Gasteiger partial charge is 0.319 e. The van der Waals surface area contributed by atoms with Gasteiger partial charge in [-0.25, -0.2) is 9.18 Å². The lowest BCUT2D eigenvalue weighted by Crippen LogP contribution is -2.44. The monoisotopic (exact) mass is 298 g/mol. The van der Waals surface area contributed by atoms with Crippen molar-refractivity contribution in [3.8, 4) is 5.75 Å². The van der Waals surface area contributed by atoms with E-state index in [0.717, 1.165) is 6.07 Å². The van der Waals surface area contributed by atoms with Gasteiger partial charge in [-0.15, -0.1) is 0 Å². The van der Waals surface area contributed by atoms with Crippen molar-refractivity contribution in [1.29, 1.82) is 0 Å². The summed E-state index contributed by atoms with van der Waals surface area (Å²) in [5.41, 5.74) is -0.0577. The molecule has 0 aliphatic carbocycles. The third-order valence-corrected chi connectivity index (χ3v) is 3.14. The van der Waals surface area contributed by atoms with Gasteiger partial charge in [-0.3, -0.25) is 4.79 Å². The summed E-state index contributed by atoms with van der Waals surface area (Å²) in [6.07, 6.45) is 0. The summed E-state index contributed by atoms with van der Waals surface area (Å²) in [5.74, 6) is -2.10. The van der Waals surface area contributed by atoms with E-state index < -0.39 is 29.8 Å². The van der Waals surface area contributed by atoms with Crippen molar-refractivity contribution in [1.82, 2.24) is 5.32 Å². The first kappa shape index (κ1) is 15.0. The van der Waals surface area contributed by atoms with Crippen LogP contribution in [-0.4, -0.2) is 43.5 Å². The largest absolute Gasteiger partial charge is 0.497 e. The van der Waals surface area contributed by atoms with Crippen molar-refractivity contribution in [3.63, 3.8) is 0 Å². The molecule has 21 heavy (non-hydrogen) atoms. The van der Waals surface area contributed by atoms with Crippen molar-refractivity contribution in [2.45, 2.75) is 6.04 Å². The third kappa shape index (κ3) is 3.60. The van der Waals surface area contributed by atoms with Gasteiger partial charge in [-0.05, 0) is 12.1 Å². The number of aliphatic carboxylic acids is 1. The molecule has 0 radical (unpaired) electrons. The molecule has 8 heteroatoms. The van der Waals surface area contributed by atoms with E-state index in [1.165, 1.54) is 19.2 Å². The van der Waals surface area contributed by atoms with Crippen molar-refractivity contribution < 1.29 is 28.6 Å². The van der Waals surface area contributed by atoms with Gasteiger partial charge in [0.15, 0.2) is 0 Å². The molecule has 2 amide bonds. The van der Waals surface area contributed by atoms with Gasteiger partial charge in [-0.2, -0.15) is 0 Å². The van der Waals surface area contributed by atoms with Gasteiger partial charge in [0.25, 0.3) is 0 Å². The zero-order valence-electron chi connectivity index (χ0n) is 11.3. The number of hydrogen-bond donors (Lipinski definition) is 3. The molecule has 2 unspecified atom stereocenters. The minimum Gasteiger partial charge on any atom is -0.497 e. The van der Waals surface area contributed by atoms with Crippen molar-refractivity contribution >= 4 is 17.7 Å². The van der Waals surface area contributed by atoms with E-state index in [-0.39, 0.29) is 18.9 Å². The Kier molecular flexibility index (Phi) is 4.59. The van der Waals surface area contributed by atoms with Crippen molar-refractivity contribution in [2.75, 3.05) is 25.6 Å². The summed E-state index contributed by atoms with van der Waals surface area (Å²) >= 11 is 0. The number of rotatable bonds is 4. The lowest BCUT2D eigenvalue weighted by molar-refractivity contribution is -0.142. The molecule has 0 spiro atoms. The van der Waals surface area contributed by atoms with Crippen molar-refractivity contribution in [2.24, 2.45) is 5.92 Å². The molecular weight excluding hydrogens is 283 g/mol. The van der Waals surface area contributed by atoms with Crippen LogP contribution in [0.2, 0.25) is 0 Å². The number of carbonyl (C=O) groups excluding carboxylic acids is 1. The summed E-state index contributed by atoms with van der Waals surface area (Å²) in [4.78, 5) is 22.8. The molecule has 3 N–H and O–H groups in total. The molecular formula is C13H15FN2O5. The lowest BCUT2D eigenvalue weighted by Gasteiger charge is -2.16. The highest BCUT2D eigenvalue weighted by Crippen LogP contribution is 2.21. The number of urea groups is 1. The van der Waals surface area contributed by atoms with Crippen LogP contribution in [0.1, 0.15) is 0 Å². The van der Waals surface area contributed by atoms with Crippen LogP contribution in [0.4, 0.5) is 14.9 Å². The summed E-state index contributed by atoms with van der Waals surface area (Å²) in [6.45, 7) is 0.138. The van der Waals surface area contributed by atoms with E-state index in [2.05, 4.69) is 10.6 Å². The van der Waals surface area contributed by atoms with Crippen LogP contribution in [0.15, 0.2) is 18.2 Å². The fourth-order valence-electron chi connectivity index (χ4n) is 1.99. The number of benzene rings is 1. The predicted octanol–water partition coefficient (Wildman–Crippen LogP) is 1.06. The zero-order valence-corrected chi connectivity index (χ0v) is 11.3. The first-order valence-electron chi connectivity index (χ1n) is 6.23. The van der Waals surface area contributed by atoms with Gasteiger partial charge >= 0.3 is 12.0 Å². The Bertz CT molecular complexity index is 551. The molecule has 1 saturated heterocycles. The van der Waals surface area contributed by atoms with Crippen LogP contribution >= 0.6 is 0 Å². The molecule has 0 bridgehead atoms. The van der Waals surface area contributed by atoms with Gasteiger partial charge in [0.2, 0.25) is 0 Å². The summed E-state index contributed by atoms with van der Waals surface area (Å²) in [7, 11) is 1.42. The third-order valence-electron chi connectivity index (χ3n) is 3.14. The standard InChI is InChI=1S/C13H15FN2O5/c1-20-7-2-3-9(14)10(4-7)15-13(19)16-11-6-21-5-8(11)12(17)18/h2-4,8,11H,5-6H2,1H3,(H,17,18)(H2,15,16,19). The minimum absolute atomic E-state index is 0.0355. The highest BCUT2D eigenvalue weighted by Gasteiger charge is 2.35. The van der Waals surface area contributed by atoms with E-state index in [9.17, 15) is 14.0 Å². The van der Waals surface area contributed by atoms with Crippen LogP contribution in [0, 0.1) is 11.7 Å². The van der Waals surface area contributed by atoms with Crippen LogP contribution in [0.5, 0.6) is 5.75 Å². The predicted molar refractivity (Wildman–Crippen MR) is 70.8 cm³/mol. The van der Waals surface area contributed by atoms with Crippen LogP contribution in [-0.2, 0) is 9.53 Å². The highest BCUT2D eigenvalue weighted by atomic mass is 19.1.